The Morgan fingerprint density at radius 1 is 1.20 bits per heavy atom. The van der Waals surface area contributed by atoms with Gasteiger partial charge in [0.25, 0.3) is 5.91 Å². The Balaban J connectivity index is 2.02. The highest BCUT2D eigenvalue weighted by Crippen LogP contribution is 2.11. The molecular formula is C15H15N3O2. The normalized spacial score (nSPS) is 12.8. The van der Waals surface area contributed by atoms with Crippen molar-refractivity contribution in [3.05, 3.63) is 66.0 Å². The van der Waals surface area contributed by atoms with Crippen LogP contribution in [0.25, 0.3) is 0 Å². The van der Waals surface area contributed by atoms with Gasteiger partial charge in [-0.15, -0.1) is 0 Å². The Hall–Kier alpha value is -2.53. The van der Waals surface area contributed by atoms with E-state index in [1.165, 1.54) is 0 Å². The number of aliphatic hydroxyl groups is 1. The Kier molecular flexibility index (Phi) is 4.57. The van der Waals surface area contributed by atoms with Crippen LogP contribution in [0.4, 0.5) is 0 Å². The van der Waals surface area contributed by atoms with Gasteiger partial charge >= 0.3 is 0 Å². The van der Waals surface area contributed by atoms with Gasteiger partial charge in [0.2, 0.25) is 0 Å². The number of carbonyl (C=O) groups excluding carboxylic acids is 1. The number of hydrazone groups is 1. The number of pyridine rings is 1. The van der Waals surface area contributed by atoms with Gasteiger partial charge in [-0.25, -0.2) is 5.43 Å². The van der Waals surface area contributed by atoms with E-state index in [4.69, 9.17) is 0 Å². The van der Waals surface area contributed by atoms with Crippen molar-refractivity contribution in [2.45, 2.75) is 13.0 Å². The van der Waals surface area contributed by atoms with Crippen molar-refractivity contribution in [1.29, 1.82) is 0 Å². The monoisotopic (exact) mass is 269 g/mol. The number of benzene rings is 1. The largest absolute Gasteiger partial charge is 0.378 e. The van der Waals surface area contributed by atoms with Crippen LogP contribution < -0.4 is 5.43 Å². The van der Waals surface area contributed by atoms with Gasteiger partial charge in [0, 0.05) is 18.0 Å². The lowest BCUT2D eigenvalue weighted by molar-refractivity contribution is -0.129. The fourth-order valence-electron chi connectivity index (χ4n) is 1.64. The zero-order valence-electron chi connectivity index (χ0n) is 11.0. The molecule has 0 fully saturated rings. The number of aromatic nitrogens is 1. The quantitative estimate of drug-likeness (QED) is 0.654. The Morgan fingerprint density at radius 2 is 1.85 bits per heavy atom. The molecule has 0 spiro atoms. The highest BCUT2D eigenvalue weighted by molar-refractivity contribution is 5.99. The van der Waals surface area contributed by atoms with Crippen molar-refractivity contribution < 1.29 is 9.90 Å². The first-order valence-electron chi connectivity index (χ1n) is 6.16. The van der Waals surface area contributed by atoms with Crippen LogP contribution in [0.5, 0.6) is 0 Å². The summed E-state index contributed by atoms with van der Waals surface area (Å²) in [6.07, 6.45) is 2.06. The van der Waals surface area contributed by atoms with Crippen molar-refractivity contribution in [1.82, 2.24) is 10.4 Å². The first kappa shape index (κ1) is 13.9. The number of aliphatic hydroxyl groups excluding tert-OH is 1. The average Bonchev–Trinajstić information content (AvgIpc) is 2.53. The number of hydrogen-bond acceptors (Lipinski definition) is 4. The molecule has 1 aromatic carbocycles. The third kappa shape index (κ3) is 3.49. The van der Waals surface area contributed by atoms with Gasteiger partial charge in [0.1, 0.15) is 0 Å². The second-order valence-electron chi connectivity index (χ2n) is 4.22. The van der Waals surface area contributed by atoms with Crippen molar-refractivity contribution in [3.63, 3.8) is 0 Å². The van der Waals surface area contributed by atoms with E-state index in [2.05, 4.69) is 15.5 Å². The van der Waals surface area contributed by atoms with Crippen LogP contribution in [0.15, 0.2) is 60.0 Å². The highest BCUT2D eigenvalue weighted by Gasteiger charge is 2.16. The maximum atomic E-state index is 11.8. The van der Waals surface area contributed by atoms with Crippen LogP contribution in [-0.2, 0) is 4.79 Å². The minimum Gasteiger partial charge on any atom is -0.378 e. The fraction of sp³-hybridized carbons (Fsp3) is 0.133. The standard InChI is InChI=1S/C15H15N3O2/c1-11(12-7-9-16-10-8-12)17-18-15(20)14(19)13-5-3-2-4-6-13/h2-10,14,19H,1H3,(H,18,20). The Morgan fingerprint density at radius 3 is 2.50 bits per heavy atom. The van der Waals surface area contributed by atoms with E-state index >= 15 is 0 Å². The third-order valence-corrected chi connectivity index (χ3v) is 2.80. The third-order valence-electron chi connectivity index (χ3n) is 2.80. The zero-order chi connectivity index (χ0) is 14.4. The van der Waals surface area contributed by atoms with Gasteiger partial charge in [-0.2, -0.15) is 5.10 Å². The molecule has 1 aromatic heterocycles. The first-order valence-corrected chi connectivity index (χ1v) is 6.16. The lowest BCUT2D eigenvalue weighted by Gasteiger charge is -2.09. The number of hydrogen-bond donors (Lipinski definition) is 2. The average molecular weight is 269 g/mol. The van der Waals surface area contributed by atoms with Gasteiger partial charge in [-0.3, -0.25) is 9.78 Å². The van der Waals surface area contributed by atoms with Crippen LogP contribution in [0.1, 0.15) is 24.2 Å². The van der Waals surface area contributed by atoms with Crippen molar-refractivity contribution in [3.8, 4) is 0 Å². The molecule has 0 aliphatic carbocycles. The first-order chi connectivity index (χ1) is 9.68. The van der Waals surface area contributed by atoms with Gasteiger partial charge in [-0.05, 0) is 24.6 Å². The summed E-state index contributed by atoms with van der Waals surface area (Å²) < 4.78 is 0. The highest BCUT2D eigenvalue weighted by atomic mass is 16.3. The summed E-state index contributed by atoms with van der Waals surface area (Å²) in [7, 11) is 0. The summed E-state index contributed by atoms with van der Waals surface area (Å²) >= 11 is 0. The molecule has 2 aromatic rings. The maximum absolute atomic E-state index is 11.8. The van der Waals surface area contributed by atoms with Crippen LogP contribution in [0.2, 0.25) is 0 Å². The number of amides is 1. The molecule has 20 heavy (non-hydrogen) atoms. The molecule has 1 unspecified atom stereocenters. The van der Waals surface area contributed by atoms with Gasteiger partial charge in [0.05, 0.1) is 5.71 Å². The van der Waals surface area contributed by atoms with E-state index < -0.39 is 12.0 Å². The molecule has 0 radical (unpaired) electrons. The molecule has 0 aliphatic rings. The van der Waals surface area contributed by atoms with Crippen molar-refractivity contribution in [2.75, 3.05) is 0 Å². The SMILES string of the molecule is CC(=NNC(=O)C(O)c1ccccc1)c1ccncc1. The van der Waals surface area contributed by atoms with Gasteiger partial charge in [0.15, 0.2) is 6.10 Å². The Labute approximate surface area is 117 Å². The molecule has 0 aliphatic heterocycles. The van der Waals surface area contributed by atoms with Gasteiger partial charge in [-0.1, -0.05) is 30.3 Å². The zero-order valence-corrected chi connectivity index (χ0v) is 11.0. The lowest BCUT2D eigenvalue weighted by Crippen LogP contribution is -2.26. The fourth-order valence-corrected chi connectivity index (χ4v) is 1.64. The van der Waals surface area contributed by atoms with E-state index in [-0.39, 0.29) is 0 Å². The molecule has 1 atom stereocenters. The molecule has 5 heteroatoms. The summed E-state index contributed by atoms with van der Waals surface area (Å²) in [5.74, 6) is -0.565. The molecular weight excluding hydrogens is 254 g/mol. The number of rotatable bonds is 4. The van der Waals surface area contributed by atoms with Gasteiger partial charge < -0.3 is 5.11 Å². The van der Waals surface area contributed by atoms with Crippen LogP contribution in [0, 0.1) is 0 Å². The number of nitrogens with zero attached hydrogens (tertiary/aromatic N) is 2. The predicted molar refractivity (Wildman–Crippen MR) is 76.0 cm³/mol. The predicted octanol–water partition coefficient (Wildman–Crippen LogP) is 1.66. The molecule has 0 saturated carbocycles. The summed E-state index contributed by atoms with van der Waals surface area (Å²) in [6, 6.07) is 12.3. The molecule has 102 valence electrons. The molecule has 1 heterocycles. The Bertz CT molecular complexity index is 597. The van der Waals surface area contributed by atoms with Crippen LogP contribution >= 0.6 is 0 Å². The summed E-state index contributed by atoms with van der Waals surface area (Å²) in [5.41, 5.74) is 4.38. The summed E-state index contributed by atoms with van der Waals surface area (Å²) in [4.78, 5) is 15.7. The second kappa shape index (κ2) is 6.58. The van der Waals surface area contributed by atoms with E-state index in [0.717, 1.165) is 5.56 Å². The van der Waals surface area contributed by atoms with E-state index in [1.54, 1.807) is 55.7 Å². The smallest absolute Gasteiger partial charge is 0.273 e. The van der Waals surface area contributed by atoms with Crippen molar-refractivity contribution >= 4 is 11.6 Å². The molecule has 0 bridgehead atoms. The number of nitrogens with one attached hydrogen (secondary N) is 1. The topological polar surface area (TPSA) is 74.6 Å². The summed E-state index contributed by atoms with van der Waals surface area (Å²) in [6.45, 7) is 1.77. The molecule has 2 rings (SSSR count). The second-order valence-corrected chi connectivity index (χ2v) is 4.22. The van der Waals surface area contributed by atoms with Crippen molar-refractivity contribution in [2.24, 2.45) is 5.10 Å². The molecule has 0 saturated heterocycles. The molecule has 2 N–H and O–H groups in total. The lowest BCUT2D eigenvalue weighted by atomic mass is 10.1. The minimum atomic E-state index is -1.23. The van der Waals surface area contributed by atoms with E-state index in [9.17, 15) is 9.90 Å². The minimum absolute atomic E-state index is 0.529. The van der Waals surface area contributed by atoms with Crippen LogP contribution in [-0.4, -0.2) is 21.7 Å². The van der Waals surface area contributed by atoms with E-state index in [1.807, 2.05) is 6.07 Å². The summed E-state index contributed by atoms with van der Waals surface area (Å²) in [5, 5.41) is 13.9. The number of carbonyl (C=O) groups is 1. The van der Waals surface area contributed by atoms with Crippen LogP contribution in [0.3, 0.4) is 0 Å². The molecule has 5 nitrogen and oxygen atoms in total. The maximum Gasteiger partial charge on any atom is 0.273 e. The molecule has 1 amide bonds. The van der Waals surface area contributed by atoms with E-state index in [0.29, 0.717) is 11.3 Å².